The SMILES string of the molecule is C/C1=C/CN(C)CC(C)CCC1.CC(=O)c1cnn(-c2nn3cccc3c(=O)[nH]2)c1C.CC(C)(C)OC=O. The number of fused-ring (bicyclic) bond motifs is 1. The van der Waals surface area contributed by atoms with Crippen molar-refractivity contribution in [3.8, 4) is 5.95 Å². The highest BCUT2D eigenvalue weighted by atomic mass is 16.5. The van der Waals surface area contributed by atoms with Crippen molar-refractivity contribution in [2.45, 2.75) is 73.3 Å². The van der Waals surface area contributed by atoms with Crippen LogP contribution in [0.15, 0.2) is 41.0 Å². The first-order chi connectivity index (χ1) is 17.8. The molecule has 0 saturated heterocycles. The number of Topliss-reactive ketones (excluding diaryl/α,β-unsaturated/α-hetero) is 1. The molecule has 0 spiro atoms. The molecular formula is C28H42N6O4. The van der Waals surface area contributed by atoms with Crippen molar-refractivity contribution in [2.24, 2.45) is 5.92 Å². The third kappa shape index (κ3) is 9.41. The van der Waals surface area contributed by atoms with E-state index in [0.717, 1.165) is 12.5 Å². The first-order valence-electron chi connectivity index (χ1n) is 12.9. The van der Waals surface area contributed by atoms with Crippen LogP contribution in [-0.4, -0.2) is 67.3 Å². The Balaban J connectivity index is 0.000000229. The number of aromatic nitrogens is 5. The molecule has 1 N–H and O–H groups in total. The van der Waals surface area contributed by atoms with Crippen LogP contribution in [0.3, 0.4) is 0 Å². The quantitative estimate of drug-likeness (QED) is 0.306. The van der Waals surface area contributed by atoms with Crippen LogP contribution in [0, 0.1) is 12.8 Å². The number of rotatable bonds is 3. The number of carbonyl (C=O) groups excluding carboxylic acids is 2. The Morgan fingerprint density at radius 3 is 2.55 bits per heavy atom. The molecule has 0 saturated carbocycles. The Labute approximate surface area is 224 Å². The molecule has 1 unspecified atom stereocenters. The maximum Gasteiger partial charge on any atom is 0.293 e. The summed E-state index contributed by atoms with van der Waals surface area (Å²) in [5.41, 5.74) is 2.60. The minimum Gasteiger partial charge on any atom is -0.462 e. The number of hydrogen-bond acceptors (Lipinski definition) is 7. The van der Waals surface area contributed by atoms with Gasteiger partial charge in [0.1, 0.15) is 11.1 Å². The molecule has 1 aliphatic heterocycles. The highest BCUT2D eigenvalue weighted by molar-refractivity contribution is 5.94. The van der Waals surface area contributed by atoms with E-state index in [1.165, 1.54) is 48.1 Å². The maximum absolute atomic E-state index is 11.9. The lowest BCUT2D eigenvalue weighted by atomic mass is 10.0. The Hall–Kier alpha value is -3.53. The van der Waals surface area contributed by atoms with E-state index in [1.807, 2.05) is 20.8 Å². The average molecular weight is 527 g/mol. The van der Waals surface area contributed by atoms with Crippen LogP contribution in [0.4, 0.5) is 0 Å². The molecule has 3 aromatic heterocycles. The number of hydrogen-bond donors (Lipinski definition) is 1. The third-order valence-electron chi connectivity index (χ3n) is 6.02. The van der Waals surface area contributed by atoms with Crippen molar-refractivity contribution in [1.29, 1.82) is 0 Å². The standard InChI is InChI=1S/C12H11N5O2.C11H21N.C5H10O2/c1-7-9(8(2)18)6-13-17(7)12-14-11(19)10-4-3-5-16(10)15-12;1-10-5-4-6-11(2)9-12(3)8-7-10;1-5(2,3)7-4-6/h3-6H,1-2H3,(H,14,15,19);7,11H,4-6,8-9H2,1-3H3;4H,1-3H3/b;10-7-;. The minimum atomic E-state index is -0.318. The molecule has 0 bridgehead atoms. The summed E-state index contributed by atoms with van der Waals surface area (Å²) in [5.74, 6) is 1.07. The van der Waals surface area contributed by atoms with Crippen LogP contribution in [0.5, 0.6) is 0 Å². The molecule has 10 nitrogen and oxygen atoms in total. The van der Waals surface area contributed by atoms with Gasteiger partial charge in [-0.2, -0.15) is 5.10 Å². The smallest absolute Gasteiger partial charge is 0.293 e. The molecule has 0 radical (unpaired) electrons. The van der Waals surface area contributed by atoms with Crippen molar-refractivity contribution in [3.63, 3.8) is 0 Å². The van der Waals surface area contributed by atoms with Crippen molar-refractivity contribution < 1.29 is 14.3 Å². The molecule has 3 aromatic rings. The normalized spacial score (nSPS) is 17.9. The second-order valence-corrected chi connectivity index (χ2v) is 10.8. The van der Waals surface area contributed by atoms with E-state index in [-0.39, 0.29) is 22.9 Å². The first-order valence-corrected chi connectivity index (χ1v) is 12.9. The Bertz CT molecular complexity index is 1290. The van der Waals surface area contributed by atoms with Crippen molar-refractivity contribution in [1.82, 2.24) is 29.3 Å². The van der Waals surface area contributed by atoms with Gasteiger partial charge in [-0.15, -0.1) is 5.10 Å². The first kappa shape index (κ1) is 30.7. The molecular weight excluding hydrogens is 484 g/mol. The van der Waals surface area contributed by atoms with Gasteiger partial charge in [0.15, 0.2) is 5.78 Å². The highest BCUT2D eigenvalue weighted by Crippen LogP contribution is 2.15. The van der Waals surface area contributed by atoms with Gasteiger partial charge in [-0.3, -0.25) is 19.4 Å². The van der Waals surface area contributed by atoms with Gasteiger partial charge < -0.3 is 9.64 Å². The van der Waals surface area contributed by atoms with E-state index in [4.69, 9.17) is 0 Å². The molecule has 0 amide bonds. The van der Waals surface area contributed by atoms with Gasteiger partial charge in [0.2, 0.25) is 5.95 Å². The van der Waals surface area contributed by atoms with Crippen LogP contribution in [0.25, 0.3) is 11.5 Å². The number of nitrogens with one attached hydrogen (secondary N) is 1. The second-order valence-electron chi connectivity index (χ2n) is 10.8. The summed E-state index contributed by atoms with van der Waals surface area (Å²) in [5, 5.41) is 8.34. The molecule has 0 aliphatic carbocycles. The lowest BCUT2D eigenvalue weighted by molar-refractivity contribution is -0.138. The number of likely N-dealkylation sites (N-methyl/N-ethyl adjacent to an activating group) is 1. The predicted molar refractivity (Wildman–Crippen MR) is 149 cm³/mol. The fourth-order valence-electron chi connectivity index (χ4n) is 3.98. The topological polar surface area (TPSA) is 115 Å². The predicted octanol–water partition coefficient (Wildman–Crippen LogP) is 4.36. The van der Waals surface area contributed by atoms with Crippen LogP contribution in [-0.2, 0) is 9.53 Å². The fraction of sp³-hybridized carbons (Fsp3) is 0.536. The lowest BCUT2D eigenvalue weighted by Gasteiger charge is -2.18. The lowest BCUT2D eigenvalue weighted by Crippen LogP contribution is -2.24. The molecule has 38 heavy (non-hydrogen) atoms. The van der Waals surface area contributed by atoms with Crippen molar-refractivity contribution in [2.75, 3.05) is 20.1 Å². The van der Waals surface area contributed by atoms with E-state index in [1.54, 1.807) is 30.8 Å². The zero-order chi connectivity index (χ0) is 28.5. The number of H-pyrrole nitrogens is 1. The van der Waals surface area contributed by atoms with Crippen molar-refractivity contribution in [3.05, 3.63) is 57.8 Å². The average Bonchev–Trinajstić information content (AvgIpc) is 3.45. The summed E-state index contributed by atoms with van der Waals surface area (Å²) in [6.45, 7) is 16.1. The van der Waals surface area contributed by atoms with Crippen LogP contribution in [0.1, 0.15) is 76.9 Å². The molecule has 208 valence electrons. The van der Waals surface area contributed by atoms with E-state index in [2.05, 4.69) is 51.8 Å². The molecule has 4 heterocycles. The molecule has 0 aromatic carbocycles. The van der Waals surface area contributed by atoms with Crippen LogP contribution in [0.2, 0.25) is 0 Å². The summed E-state index contributed by atoms with van der Waals surface area (Å²) in [7, 11) is 2.21. The number of ketones is 1. The second kappa shape index (κ2) is 13.9. The fourth-order valence-corrected chi connectivity index (χ4v) is 3.98. The van der Waals surface area contributed by atoms with Gasteiger partial charge in [-0.25, -0.2) is 9.20 Å². The Morgan fingerprint density at radius 2 is 1.97 bits per heavy atom. The van der Waals surface area contributed by atoms with Gasteiger partial charge in [-0.1, -0.05) is 18.6 Å². The van der Waals surface area contributed by atoms with E-state index in [9.17, 15) is 14.4 Å². The van der Waals surface area contributed by atoms with E-state index in [0.29, 0.717) is 23.2 Å². The molecule has 0 fully saturated rings. The molecule has 4 rings (SSSR count). The number of aromatic amines is 1. The largest absolute Gasteiger partial charge is 0.462 e. The minimum absolute atomic E-state index is 0.0758. The summed E-state index contributed by atoms with van der Waals surface area (Å²) < 4.78 is 7.47. The zero-order valence-electron chi connectivity index (χ0n) is 23.9. The van der Waals surface area contributed by atoms with Gasteiger partial charge in [-0.05, 0) is 85.9 Å². The number of allylic oxidation sites excluding steroid dienone is 1. The van der Waals surface area contributed by atoms with E-state index < -0.39 is 0 Å². The highest BCUT2D eigenvalue weighted by Gasteiger charge is 2.14. The zero-order valence-corrected chi connectivity index (χ0v) is 23.9. The van der Waals surface area contributed by atoms with Gasteiger partial charge in [0, 0.05) is 19.3 Å². The van der Waals surface area contributed by atoms with Crippen LogP contribution >= 0.6 is 0 Å². The van der Waals surface area contributed by atoms with Gasteiger partial charge in [0.25, 0.3) is 12.0 Å². The third-order valence-corrected chi connectivity index (χ3v) is 6.02. The Morgan fingerprint density at radius 1 is 1.26 bits per heavy atom. The summed E-state index contributed by atoms with van der Waals surface area (Å²) in [6, 6.07) is 3.41. The number of carbonyl (C=O) groups is 2. The van der Waals surface area contributed by atoms with Crippen LogP contribution < -0.4 is 5.56 Å². The number of ether oxygens (including phenoxy) is 1. The number of nitrogens with zero attached hydrogens (tertiary/aromatic N) is 5. The Kier molecular flexibility index (Phi) is 11.2. The molecule has 1 atom stereocenters. The van der Waals surface area contributed by atoms with Crippen molar-refractivity contribution >= 4 is 17.8 Å². The summed E-state index contributed by atoms with van der Waals surface area (Å²) in [6.07, 6.45) is 9.58. The van der Waals surface area contributed by atoms with Gasteiger partial charge >= 0.3 is 0 Å². The molecule has 1 aliphatic rings. The maximum atomic E-state index is 11.9. The molecule has 10 heteroatoms. The van der Waals surface area contributed by atoms with E-state index >= 15 is 0 Å². The van der Waals surface area contributed by atoms with Gasteiger partial charge in [0.05, 0.1) is 17.5 Å². The monoisotopic (exact) mass is 526 g/mol. The summed E-state index contributed by atoms with van der Waals surface area (Å²) in [4.78, 5) is 37.9. The summed E-state index contributed by atoms with van der Waals surface area (Å²) >= 11 is 0.